The quantitative estimate of drug-likeness (QED) is 0.442. The summed E-state index contributed by atoms with van der Waals surface area (Å²) in [7, 11) is 0. The number of carbonyl (C=O) groups excluding carboxylic acids is 1. The van der Waals surface area contributed by atoms with Crippen LogP contribution in [0.25, 0.3) is 0 Å². The molecule has 0 radical (unpaired) electrons. The molecular formula is C25H33NO2. The average molecular weight is 380 g/mol. The van der Waals surface area contributed by atoms with Gasteiger partial charge in [-0.05, 0) is 57.4 Å². The molecule has 0 aliphatic heterocycles. The molecular weight excluding hydrogens is 346 g/mol. The molecule has 0 heterocycles. The van der Waals surface area contributed by atoms with Crippen molar-refractivity contribution in [3.63, 3.8) is 0 Å². The minimum absolute atomic E-state index is 0.162. The van der Waals surface area contributed by atoms with E-state index in [4.69, 9.17) is 4.74 Å². The van der Waals surface area contributed by atoms with E-state index in [0.29, 0.717) is 13.0 Å². The van der Waals surface area contributed by atoms with E-state index < -0.39 is 0 Å². The van der Waals surface area contributed by atoms with Crippen molar-refractivity contribution in [3.8, 4) is 5.75 Å². The molecule has 1 atom stereocenters. The summed E-state index contributed by atoms with van der Waals surface area (Å²) in [6.45, 7) is 13.8. The standard InChI is InChI=1S/C25H33NO2/c1-6-23(18-21(4)27)22(5)26(25-11-8-7-10-20(25)3)16-9-17-28-24-14-12-19(2)13-15-24/h7-8,10-15,23H,5-6,9,16-18H2,1-4H3. The first kappa shape index (κ1) is 21.7. The Morgan fingerprint density at radius 2 is 1.79 bits per heavy atom. The molecule has 0 saturated carbocycles. The van der Waals surface area contributed by atoms with Gasteiger partial charge in [-0.1, -0.05) is 49.4 Å². The van der Waals surface area contributed by atoms with Crippen molar-refractivity contribution in [2.45, 2.75) is 47.0 Å². The lowest BCUT2D eigenvalue weighted by atomic mass is 9.95. The van der Waals surface area contributed by atoms with Crippen LogP contribution < -0.4 is 9.64 Å². The fourth-order valence-electron chi connectivity index (χ4n) is 3.40. The van der Waals surface area contributed by atoms with Gasteiger partial charge in [0.2, 0.25) is 0 Å². The van der Waals surface area contributed by atoms with Gasteiger partial charge < -0.3 is 14.4 Å². The molecule has 0 N–H and O–H groups in total. The van der Waals surface area contributed by atoms with Crippen molar-refractivity contribution in [2.75, 3.05) is 18.1 Å². The molecule has 0 aliphatic rings. The van der Waals surface area contributed by atoms with Gasteiger partial charge in [0.05, 0.1) is 6.61 Å². The lowest BCUT2D eigenvalue weighted by molar-refractivity contribution is -0.117. The maximum atomic E-state index is 11.7. The highest BCUT2D eigenvalue weighted by molar-refractivity contribution is 5.76. The number of Topliss-reactive ketones (excluding diaryl/α,β-unsaturated/α-hetero) is 1. The first-order chi connectivity index (χ1) is 13.4. The van der Waals surface area contributed by atoms with Gasteiger partial charge in [0.15, 0.2) is 0 Å². The first-order valence-electron chi connectivity index (χ1n) is 10.1. The molecule has 3 heteroatoms. The van der Waals surface area contributed by atoms with Crippen molar-refractivity contribution in [1.82, 2.24) is 0 Å². The normalized spacial score (nSPS) is 11.7. The van der Waals surface area contributed by atoms with E-state index in [9.17, 15) is 4.79 Å². The number of carbonyl (C=O) groups is 1. The predicted octanol–water partition coefficient (Wildman–Crippen LogP) is 6.10. The van der Waals surface area contributed by atoms with E-state index in [1.54, 1.807) is 6.92 Å². The van der Waals surface area contributed by atoms with Gasteiger partial charge in [0.1, 0.15) is 11.5 Å². The molecule has 1 unspecified atom stereocenters. The van der Waals surface area contributed by atoms with Crippen LogP contribution >= 0.6 is 0 Å². The number of benzene rings is 2. The van der Waals surface area contributed by atoms with Gasteiger partial charge in [-0.25, -0.2) is 0 Å². The zero-order valence-electron chi connectivity index (χ0n) is 17.7. The van der Waals surface area contributed by atoms with Crippen LogP contribution in [0.2, 0.25) is 0 Å². The van der Waals surface area contributed by atoms with Crippen molar-refractivity contribution in [2.24, 2.45) is 5.92 Å². The monoisotopic (exact) mass is 379 g/mol. The lowest BCUT2D eigenvalue weighted by Crippen LogP contribution is -2.30. The Morgan fingerprint density at radius 1 is 1.11 bits per heavy atom. The van der Waals surface area contributed by atoms with Gasteiger partial charge in [-0.15, -0.1) is 0 Å². The molecule has 0 aromatic heterocycles. The number of hydrogen-bond acceptors (Lipinski definition) is 3. The molecule has 0 bridgehead atoms. The number of ether oxygens (including phenoxy) is 1. The summed E-state index contributed by atoms with van der Waals surface area (Å²) in [5.41, 5.74) is 4.61. The minimum atomic E-state index is 0.162. The van der Waals surface area contributed by atoms with Crippen LogP contribution in [0.4, 0.5) is 5.69 Å². The van der Waals surface area contributed by atoms with Crippen LogP contribution in [0.15, 0.2) is 60.8 Å². The number of nitrogens with zero attached hydrogens (tertiary/aromatic N) is 1. The Balaban J connectivity index is 2.07. The van der Waals surface area contributed by atoms with Crippen LogP contribution in [0.1, 0.15) is 44.2 Å². The van der Waals surface area contributed by atoms with E-state index in [2.05, 4.69) is 62.6 Å². The zero-order chi connectivity index (χ0) is 20.5. The topological polar surface area (TPSA) is 29.5 Å². The molecule has 3 nitrogen and oxygen atoms in total. The average Bonchev–Trinajstić information content (AvgIpc) is 2.68. The Kier molecular flexibility index (Phi) is 8.31. The lowest BCUT2D eigenvalue weighted by Gasteiger charge is -2.32. The number of rotatable bonds is 11. The van der Waals surface area contributed by atoms with Crippen LogP contribution in [-0.4, -0.2) is 18.9 Å². The third-order valence-electron chi connectivity index (χ3n) is 5.07. The summed E-state index contributed by atoms with van der Waals surface area (Å²) in [5, 5.41) is 0. The fraction of sp³-hybridized carbons (Fsp3) is 0.400. The molecule has 0 fully saturated rings. The summed E-state index contributed by atoms with van der Waals surface area (Å²) >= 11 is 0. The summed E-state index contributed by atoms with van der Waals surface area (Å²) in [6, 6.07) is 16.5. The summed E-state index contributed by atoms with van der Waals surface area (Å²) in [4.78, 5) is 14.0. The summed E-state index contributed by atoms with van der Waals surface area (Å²) in [5.74, 6) is 1.27. The third-order valence-corrected chi connectivity index (χ3v) is 5.07. The largest absolute Gasteiger partial charge is 0.494 e. The summed E-state index contributed by atoms with van der Waals surface area (Å²) < 4.78 is 5.90. The van der Waals surface area contributed by atoms with Crippen molar-refractivity contribution in [1.29, 1.82) is 0 Å². The number of para-hydroxylation sites is 1. The van der Waals surface area contributed by atoms with E-state index in [1.807, 2.05) is 18.2 Å². The SMILES string of the molecule is C=C(C(CC)CC(C)=O)N(CCCOc1ccc(C)cc1)c1ccccc1C. The smallest absolute Gasteiger partial charge is 0.130 e. The van der Waals surface area contributed by atoms with Crippen LogP contribution in [0.3, 0.4) is 0 Å². The molecule has 0 aliphatic carbocycles. The van der Waals surface area contributed by atoms with E-state index >= 15 is 0 Å². The molecule has 0 saturated heterocycles. The van der Waals surface area contributed by atoms with Crippen molar-refractivity contribution in [3.05, 3.63) is 71.9 Å². The fourth-order valence-corrected chi connectivity index (χ4v) is 3.40. The van der Waals surface area contributed by atoms with E-state index in [1.165, 1.54) is 11.1 Å². The van der Waals surface area contributed by atoms with Crippen LogP contribution in [-0.2, 0) is 4.79 Å². The van der Waals surface area contributed by atoms with E-state index in [-0.39, 0.29) is 11.7 Å². The van der Waals surface area contributed by atoms with Crippen molar-refractivity contribution < 1.29 is 9.53 Å². The molecule has 0 amide bonds. The Hall–Kier alpha value is -2.55. The van der Waals surface area contributed by atoms with Gasteiger partial charge >= 0.3 is 0 Å². The highest BCUT2D eigenvalue weighted by Gasteiger charge is 2.20. The third kappa shape index (κ3) is 6.26. The molecule has 0 spiro atoms. The van der Waals surface area contributed by atoms with Crippen LogP contribution in [0.5, 0.6) is 5.75 Å². The Morgan fingerprint density at radius 3 is 2.39 bits per heavy atom. The Labute approximate surface area is 170 Å². The number of hydrogen-bond donors (Lipinski definition) is 0. The molecule has 2 aromatic rings. The second kappa shape index (κ2) is 10.7. The number of aryl methyl sites for hydroxylation is 2. The maximum Gasteiger partial charge on any atom is 0.130 e. The number of ketones is 1. The summed E-state index contributed by atoms with van der Waals surface area (Å²) in [6.07, 6.45) is 2.32. The number of allylic oxidation sites excluding steroid dienone is 1. The highest BCUT2D eigenvalue weighted by Crippen LogP contribution is 2.29. The highest BCUT2D eigenvalue weighted by atomic mass is 16.5. The maximum absolute atomic E-state index is 11.7. The Bertz CT molecular complexity index is 779. The predicted molar refractivity (Wildman–Crippen MR) is 118 cm³/mol. The van der Waals surface area contributed by atoms with Gasteiger partial charge in [0, 0.05) is 30.3 Å². The zero-order valence-corrected chi connectivity index (χ0v) is 17.7. The van der Waals surface area contributed by atoms with Gasteiger partial charge in [-0.2, -0.15) is 0 Å². The molecule has 2 aromatic carbocycles. The second-order valence-electron chi connectivity index (χ2n) is 7.46. The van der Waals surface area contributed by atoms with Gasteiger partial charge in [-0.3, -0.25) is 0 Å². The van der Waals surface area contributed by atoms with Gasteiger partial charge in [0.25, 0.3) is 0 Å². The molecule has 28 heavy (non-hydrogen) atoms. The first-order valence-corrected chi connectivity index (χ1v) is 10.1. The van der Waals surface area contributed by atoms with Crippen LogP contribution in [0, 0.1) is 19.8 Å². The number of anilines is 1. The minimum Gasteiger partial charge on any atom is -0.494 e. The second-order valence-corrected chi connectivity index (χ2v) is 7.46. The van der Waals surface area contributed by atoms with E-state index in [0.717, 1.165) is 36.5 Å². The molecule has 2 rings (SSSR count). The molecule has 150 valence electrons. The van der Waals surface area contributed by atoms with Crippen molar-refractivity contribution >= 4 is 11.5 Å².